The summed E-state index contributed by atoms with van der Waals surface area (Å²) in [6.45, 7) is 0. The van der Waals surface area contributed by atoms with Gasteiger partial charge >= 0.3 is 5.97 Å². The van der Waals surface area contributed by atoms with E-state index in [1.807, 2.05) is 0 Å². The van der Waals surface area contributed by atoms with Gasteiger partial charge in [0.25, 0.3) is 0 Å². The lowest BCUT2D eigenvalue weighted by Gasteiger charge is -1.90. The smallest absolute Gasteiger partial charge is 0.339 e. The third kappa shape index (κ3) is 1.22. The minimum atomic E-state index is -1.16. The van der Waals surface area contributed by atoms with E-state index in [9.17, 15) is 9.59 Å². The molecule has 0 fully saturated rings. The molecule has 0 saturated carbocycles. The highest BCUT2D eigenvalue weighted by atomic mass is 32.1. The Bertz CT molecular complexity index is 305. The van der Waals surface area contributed by atoms with Crippen molar-refractivity contribution in [3.63, 3.8) is 0 Å². The molecule has 0 aliphatic rings. The summed E-state index contributed by atoms with van der Waals surface area (Å²) in [5.41, 5.74) is 5.34. The van der Waals surface area contributed by atoms with E-state index in [1.165, 1.54) is 5.38 Å². The van der Waals surface area contributed by atoms with Crippen LogP contribution in [0.2, 0.25) is 0 Å². The summed E-state index contributed by atoms with van der Waals surface area (Å²) in [7, 11) is 0. The summed E-state index contributed by atoms with van der Waals surface area (Å²) < 4.78 is 0. The van der Waals surface area contributed by atoms with Crippen molar-refractivity contribution in [1.82, 2.24) is 0 Å². The molecule has 0 radical (unpaired) electrons. The number of thiophene rings is 1. The molecule has 0 bridgehead atoms. The zero-order valence-electron chi connectivity index (χ0n) is 5.40. The van der Waals surface area contributed by atoms with Gasteiger partial charge in [-0.25, -0.2) is 4.79 Å². The average molecular weight is 171 g/mol. The number of hydrogen-bond acceptors (Lipinski definition) is 4. The number of hydrogen-bond donors (Lipinski definition) is 2. The Morgan fingerprint density at radius 2 is 2.36 bits per heavy atom. The van der Waals surface area contributed by atoms with Gasteiger partial charge in [0.05, 0.1) is 10.6 Å². The molecule has 0 saturated heterocycles. The SMILES string of the molecule is Nc1csc(C=O)c1C(=O)O. The third-order valence-electron chi connectivity index (χ3n) is 1.17. The molecular weight excluding hydrogens is 166 g/mol. The lowest BCUT2D eigenvalue weighted by atomic mass is 10.2. The summed E-state index contributed by atoms with van der Waals surface area (Å²) in [5.74, 6) is -1.16. The van der Waals surface area contributed by atoms with E-state index in [0.29, 0.717) is 6.29 Å². The first-order valence-corrected chi connectivity index (χ1v) is 3.60. The molecule has 0 unspecified atom stereocenters. The Labute approximate surface area is 66.3 Å². The number of carboxylic acid groups (broad SMARTS) is 1. The number of aldehydes is 1. The molecule has 11 heavy (non-hydrogen) atoms. The summed E-state index contributed by atoms with van der Waals surface area (Å²) in [6.07, 6.45) is 0.491. The summed E-state index contributed by atoms with van der Waals surface area (Å²) in [4.78, 5) is 20.8. The second-order valence-electron chi connectivity index (χ2n) is 1.85. The summed E-state index contributed by atoms with van der Waals surface area (Å²) in [6, 6.07) is 0. The van der Waals surface area contributed by atoms with E-state index in [1.54, 1.807) is 0 Å². The predicted molar refractivity (Wildman–Crippen MR) is 41.1 cm³/mol. The highest BCUT2D eigenvalue weighted by Crippen LogP contribution is 2.22. The van der Waals surface area contributed by atoms with E-state index >= 15 is 0 Å². The molecule has 1 heterocycles. The molecule has 1 aromatic heterocycles. The monoisotopic (exact) mass is 171 g/mol. The molecule has 0 spiro atoms. The van der Waals surface area contributed by atoms with Gasteiger partial charge in [0.15, 0.2) is 6.29 Å². The molecule has 1 rings (SSSR count). The van der Waals surface area contributed by atoms with E-state index in [4.69, 9.17) is 10.8 Å². The minimum absolute atomic E-state index is 0.0926. The van der Waals surface area contributed by atoms with E-state index < -0.39 is 5.97 Å². The number of carbonyl (C=O) groups excluding carboxylic acids is 1. The maximum Gasteiger partial charge on any atom is 0.339 e. The van der Waals surface area contributed by atoms with Crippen LogP contribution >= 0.6 is 11.3 Å². The van der Waals surface area contributed by atoms with Gasteiger partial charge in [-0.2, -0.15) is 0 Å². The fourth-order valence-corrected chi connectivity index (χ4v) is 1.45. The number of carbonyl (C=O) groups is 2. The Hall–Kier alpha value is -1.36. The number of rotatable bonds is 2. The van der Waals surface area contributed by atoms with Gasteiger partial charge < -0.3 is 10.8 Å². The van der Waals surface area contributed by atoms with Gasteiger partial charge in [-0.15, -0.1) is 11.3 Å². The van der Waals surface area contributed by atoms with E-state index in [-0.39, 0.29) is 16.1 Å². The molecular formula is C6H5NO3S. The topological polar surface area (TPSA) is 80.4 Å². The number of nitrogen functional groups attached to an aromatic ring is 1. The van der Waals surface area contributed by atoms with Crippen molar-refractivity contribution in [2.75, 3.05) is 5.73 Å². The van der Waals surface area contributed by atoms with Crippen LogP contribution in [0.5, 0.6) is 0 Å². The van der Waals surface area contributed by atoms with Crippen molar-refractivity contribution in [2.24, 2.45) is 0 Å². The quantitative estimate of drug-likeness (QED) is 0.646. The summed E-state index contributed by atoms with van der Waals surface area (Å²) >= 11 is 1.03. The van der Waals surface area contributed by atoms with Gasteiger partial charge in [0.2, 0.25) is 0 Å². The maximum absolute atomic E-state index is 10.4. The van der Waals surface area contributed by atoms with Crippen LogP contribution in [0.25, 0.3) is 0 Å². The molecule has 5 heteroatoms. The van der Waals surface area contributed by atoms with Crippen LogP contribution in [0.4, 0.5) is 5.69 Å². The van der Waals surface area contributed by atoms with Crippen molar-refractivity contribution in [3.05, 3.63) is 15.8 Å². The first-order valence-electron chi connectivity index (χ1n) is 2.72. The highest BCUT2D eigenvalue weighted by Gasteiger charge is 2.15. The predicted octanol–water partition coefficient (Wildman–Crippen LogP) is 0.841. The van der Waals surface area contributed by atoms with Gasteiger partial charge in [0.1, 0.15) is 5.56 Å². The van der Waals surface area contributed by atoms with Crippen molar-refractivity contribution in [1.29, 1.82) is 0 Å². The molecule has 1 aromatic rings. The molecule has 3 N–H and O–H groups in total. The molecule has 58 valence electrons. The zero-order chi connectivity index (χ0) is 8.43. The third-order valence-corrected chi connectivity index (χ3v) is 2.09. The standard InChI is InChI=1S/C6H5NO3S/c7-3-2-11-4(1-8)5(3)6(9)10/h1-2H,7H2,(H,9,10). The fraction of sp³-hybridized carbons (Fsp3) is 0. The molecule has 0 aliphatic heterocycles. The van der Waals surface area contributed by atoms with Crippen molar-refractivity contribution in [2.45, 2.75) is 0 Å². The Kier molecular flexibility index (Phi) is 1.91. The molecule has 0 amide bonds. The largest absolute Gasteiger partial charge is 0.478 e. The second kappa shape index (κ2) is 2.71. The maximum atomic E-state index is 10.4. The number of aromatic carboxylic acids is 1. The molecule has 0 atom stereocenters. The lowest BCUT2D eigenvalue weighted by Crippen LogP contribution is -2.01. The molecule has 0 aliphatic carbocycles. The minimum Gasteiger partial charge on any atom is -0.478 e. The Balaban J connectivity index is 3.28. The van der Waals surface area contributed by atoms with Crippen LogP contribution in [0.3, 0.4) is 0 Å². The first-order chi connectivity index (χ1) is 5.16. The number of nitrogens with two attached hydrogens (primary N) is 1. The second-order valence-corrected chi connectivity index (χ2v) is 2.76. The van der Waals surface area contributed by atoms with Crippen LogP contribution in [-0.4, -0.2) is 17.4 Å². The van der Waals surface area contributed by atoms with Crippen LogP contribution in [0.15, 0.2) is 5.38 Å². The van der Waals surface area contributed by atoms with Crippen LogP contribution < -0.4 is 5.73 Å². The first kappa shape index (κ1) is 7.74. The van der Waals surface area contributed by atoms with Crippen LogP contribution in [-0.2, 0) is 0 Å². The van der Waals surface area contributed by atoms with Gasteiger partial charge in [-0.1, -0.05) is 0 Å². The van der Waals surface area contributed by atoms with Crippen molar-refractivity contribution >= 4 is 29.3 Å². The molecule has 0 aromatic carbocycles. The highest BCUT2D eigenvalue weighted by molar-refractivity contribution is 7.12. The Morgan fingerprint density at radius 1 is 1.73 bits per heavy atom. The van der Waals surface area contributed by atoms with Crippen LogP contribution in [0.1, 0.15) is 20.0 Å². The summed E-state index contributed by atoms with van der Waals surface area (Å²) in [5, 5.41) is 9.97. The van der Waals surface area contributed by atoms with E-state index in [2.05, 4.69) is 0 Å². The van der Waals surface area contributed by atoms with Crippen molar-refractivity contribution in [3.8, 4) is 0 Å². The Morgan fingerprint density at radius 3 is 2.73 bits per heavy atom. The zero-order valence-corrected chi connectivity index (χ0v) is 6.22. The number of carboxylic acids is 1. The normalized spacial score (nSPS) is 9.45. The number of anilines is 1. The molecule has 4 nitrogen and oxygen atoms in total. The van der Waals surface area contributed by atoms with Gasteiger partial charge in [-0.3, -0.25) is 4.79 Å². The lowest BCUT2D eigenvalue weighted by molar-refractivity contribution is 0.0696. The van der Waals surface area contributed by atoms with Crippen LogP contribution in [0, 0.1) is 0 Å². The van der Waals surface area contributed by atoms with Gasteiger partial charge in [0, 0.05) is 5.38 Å². The van der Waals surface area contributed by atoms with E-state index in [0.717, 1.165) is 11.3 Å². The van der Waals surface area contributed by atoms with Crippen molar-refractivity contribution < 1.29 is 14.7 Å². The average Bonchev–Trinajstić information content (AvgIpc) is 2.30. The fourth-order valence-electron chi connectivity index (χ4n) is 0.703. The van der Waals surface area contributed by atoms with Gasteiger partial charge in [-0.05, 0) is 0 Å².